The minimum absolute atomic E-state index is 0.0663. The molecule has 0 aromatic carbocycles. The van der Waals surface area contributed by atoms with Crippen molar-refractivity contribution in [2.75, 3.05) is 45.9 Å². The first-order valence-corrected chi connectivity index (χ1v) is 13.9. The predicted octanol–water partition coefficient (Wildman–Crippen LogP) is 3.76. The molecule has 182 valence electrons. The largest absolute Gasteiger partial charge is 0.379 e. The summed E-state index contributed by atoms with van der Waals surface area (Å²) in [6.45, 7) is 6.72. The second kappa shape index (κ2) is 10.7. The maximum atomic E-state index is 13.7. The van der Waals surface area contributed by atoms with Crippen LogP contribution < -0.4 is 0 Å². The first-order valence-electron chi connectivity index (χ1n) is 12.2. The summed E-state index contributed by atoms with van der Waals surface area (Å²) < 4.78 is 5.45. The van der Waals surface area contributed by atoms with Crippen LogP contribution in [-0.4, -0.2) is 78.3 Å². The topological polar surface area (TPSA) is 65.5 Å². The minimum Gasteiger partial charge on any atom is -0.379 e. The van der Waals surface area contributed by atoms with Crippen LogP contribution in [0.5, 0.6) is 0 Å². The first kappa shape index (κ1) is 23.7. The van der Waals surface area contributed by atoms with Crippen LogP contribution in [0.2, 0.25) is 0 Å². The van der Waals surface area contributed by atoms with Crippen molar-refractivity contribution in [1.82, 2.24) is 14.8 Å². The highest BCUT2D eigenvalue weighted by atomic mass is 32.1. The van der Waals surface area contributed by atoms with E-state index in [1.54, 1.807) is 32.6 Å². The van der Waals surface area contributed by atoms with Gasteiger partial charge in [0.2, 0.25) is 5.91 Å². The van der Waals surface area contributed by atoms with Gasteiger partial charge in [-0.15, -0.1) is 22.7 Å². The Balaban J connectivity index is 1.34. The summed E-state index contributed by atoms with van der Waals surface area (Å²) in [5, 5.41) is 10.6. The molecule has 2 fully saturated rings. The molecule has 1 atom stereocenters. The Labute approximate surface area is 209 Å². The van der Waals surface area contributed by atoms with E-state index in [4.69, 9.17) is 9.84 Å². The highest BCUT2D eigenvalue weighted by Gasteiger charge is 2.37. The Morgan fingerprint density at radius 1 is 1.18 bits per heavy atom. The molecule has 1 saturated carbocycles. The predicted molar refractivity (Wildman–Crippen MR) is 135 cm³/mol. The molecular formula is C25H32N4O3S2. The highest BCUT2D eigenvalue weighted by Crippen LogP contribution is 2.38. The third-order valence-corrected chi connectivity index (χ3v) is 9.10. The van der Waals surface area contributed by atoms with Crippen molar-refractivity contribution in [2.45, 2.75) is 38.6 Å². The van der Waals surface area contributed by atoms with E-state index in [2.05, 4.69) is 29.3 Å². The maximum Gasteiger partial charge on any atom is 0.262 e. The number of hydrazone groups is 1. The molecule has 0 radical (unpaired) electrons. The van der Waals surface area contributed by atoms with Crippen molar-refractivity contribution in [3.63, 3.8) is 0 Å². The number of ether oxygens (including phenoxy) is 1. The lowest BCUT2D eigenvalue weighted by molar-refractivity contribution is -0.145. The monoisotopic (exact) mass is 500 g/mol. The van der Waals surface area contributed by atoms with E-state index in [9.17, 15) is 9.59 Å². The molecule has 2 aromatic rings. The second-order valence-corrected chi connectivity index (χ2v) is 11.2. The van der Waals surface area contributed by atoms with Crippen molar-refractivity contribution in [3.8, 4) is 0 Å². The Hall–Kier alpha value is -2.07. The number of rotatable bonds is 8. The van der Waals surface area contributed by atoms with Crippen molar-refractivity contribution in [3.05, 3.63) is 44.3 Å². The molecule has 5 rings (SSSR count). The number of hydrogen-bond donors (Lipinski definition) is 0. The number of amides is 2. The standard InChI is InChI=1S/C25H32N4O3S2/c1-18-7-15-34-24(18)21-16-20(22-6-3-14-33-22)26-29(21)23(30)17-28(25(31)19-4-2-5-19)9-8-27-10-12-32-13-11-27/h3,6-7,14-15,19,21H,2,4-5,8-13,16-17H2,1H3. The van der Waals surface area contributed by atoms with E-state index in [-0.39, 0.29) is 30.3 Å². The van der Waals surface area contributed by atoms with Gasteiger partial charge in [-0.2, -0.15) is 5.10 Å². The van der Waals surface area contributed by atoms with E-state index in [0.717, 1.165) is 62.7 Å². The number of nitrogens with zero attached hydrogens (tertiary/aromatic N) is 4. The fourth-order valence-corrected chi connectivity index (χ4v) is 6.50. The summed E-state index contributed by atoms with van der Waals surface area (Å²) in [5.74, 6) is 0.0916. The van der Waals surface area contributed by atoms with Crippen LogP contribution in [0, 0.1) is 12.8 Å². The second-order valence-electron chi connectivity index (χ2n) is 9.29. The third-order valence-electron chi connectivity index (χ3n) is 7.06. The molecule has 1 aliphatic carbocycles. The van der Waals surface area contributed by atoms with E-state index in [1.807, 2.05) is 11.4 Å². The summed E-state index contributed by atoms with van der Waals surface area (Å²) in [6, 6.07) is 6.07. The quantitative estimate of drug-likeness (QED) is 0.554. The zero-order valence-electron chi connectivity index (χ0n) is 19.6. The number of thiophene rings is 2. The van der Waals surface area contributed by atoms with E-state index < -0.39 is 0 Å². The molecule has 3 aliphatic rings. The van der Waals surface area contributed by atoms with E-state index in [1.165, 1.54) is 10.4 Å². The summed E-state index contributed by atoms with van der Waals surface area (Å²) >= 11 is 3.33. The average molecular weight is 501 g/mol. The lowest BCUT2D eigenvalue weighted by Gasteiger charge is -2.34. The summed E-state index contributed by atoms with van der Waals surface area (Å²) in [7, 11) is 0. The molecule has 9 heteroatoms. The van der Waals surface area contributed by atoms with Crippen LogP contribution in [0.15, 0.2) is 34.1 Å². The van der Waals surface area contributed by atoms with Gasteiger partial charge in [0.15, 0.2) is 0 Å². The molecule has 1 unspecified atom stereocenters. The Bertz CT molecular complexity index is 1020. The Kier molecular flexibility index (Phi) is 7.43. The summed E-state index contributed by atoms with van der Waals surface area (Å²) in [6.07, 6.45) is 3.67. The minimum atomic E-state index is -0.107. The molecule has 2 aromatic heterocycles. The molecular weight excluding hydrogens is 468 g/mol. The van der Waals surface area contributed by atoms with Crippen LogP contribution in [-0.2, 0) is 14.3 Å². The Morgan fingerprint density at radius 2 is 2.00 bits per heavy atom. The molecule has 34 heavy (non-hydrogen) atoms. The smallest absolute Gasteiger partial charge is 0.262 e. The lowest BCUT2D eigenvalue weighted by Crippen LogP contribution is -2.49. The van der Waals surface area contributed by atoms with Gasteiger partial charge in [0.05, 0.1) is 29.8 Å². The zero-order chi connectivity index (χ0) is 23.5. The SMILES string of the molecule is Cc1ccsc1C1CC(c2cccs2)=NN1C(=O)CN(CCN1CCOCC1)C(=O)C1CCC1. The van der Waals surface area contributed by atoms with Crippen LogP contribution in [0.1, 0.15) is 47.0 Å². The fourth-order valence-electron chi connectivity index (χ4n) is 4.77. The fraction of sp³-hybridized carbons (Fsp3) is 0.560. The van der Waals surface area contributed by atoms with Crippen molar-refractivity contribution in [1.29, 1.82) is 0 Å². The van der Waals surface area contributed by atoms with Crippen LogP contribution in [0.25, 0.3) is 0 Å². The highest BCUT2D eigenvalue weighted by molar-refractivity contribution is 7.12. The van der Waals surface area contributed by atoms with Crippen molar-refractivity contribution < 1.29 is 14.3 Å². The third kappa shape index (κ3) is 5.12. The zero-order valence-corrected chi connectivity index (χ0v) is 21.3. The van der Waals surface area contributed by atoms with Crippen LogP contribution >= 0.6 is 22.7 Å². The Morgan fingerprint density at radius 3 is 2.65 bits per heavy atom. The first-order chi connectivity index (χ1) is 16.6. The molecule has 1 saturated heterocycles. The molecule has 2 amide bonds. The van der Waals surface area contributed by atoms with Crippen molar-refractivity contribution >= 4 is 40.2 Å². The normalized spacial score (nSPS) is 21.4. The molecule has 0 bridgehead atoms. The summed E-state index contributed by atoms with van der Waals surface area (Å²) in [5.41, 5.74) is 2.14. The van der Waals surface area contributed by atoms with Gasteiger partial charge in [0, 0.05) is 43.4 Å². The average Bonchev–Trinajstić information content (AvgIpc) is 3.56. The van der Waals surface area contributed by atoms with Gasteiger partial charge in [-0.05, 0) is 48.2 Å². The number of aryl methyl sites for hydroxylation is 1. The van der Waals surface area contributed by atoms with Gasteiger partial charge in [-0.3, -0.25) is 14.5 Å². The van der Waals surface area contributed by atoms with Gasteiger partial charge >= 0.3 is 0 Å². The molecule has 0 N–H and O–H groups in total. The summed E-state index contributed by atoms with van der Waals surface area (Å²) in [4.78, 5) is 33.3. The number of morpholine rings is 1. The molecule has 4 heterocycles. The van der Waals surface area contributed by atoms with Gasteiger partial charge in [0.1, 0.15) is 6.54 Å². The molecule has 2 aliphatic heterocycles. The van der Waals surface area contributed by atoms with Gasteiger partial charge < -0.3 is 9.64 Å². The number of carbonyl (C=O) groups excluding carboxylic acids is 2. The van der Waals surface area contributed by atoms with E-state index in [0.29, 0.717) is 13.0 Å². The van der Waals surface area contributed by atoms with Gasteiger partial charge in [-0.1, -0.05) is 12.5 Å². The van der Waals surface area contributed by atoms with Gasteiger partial charge in [-0.25, -0.2) is 5.01 Å². The van der Waals surface area contributed by atoms with Gasteiger partial charge in [0.25, 0.3) is 5.91 Å². The maximum absolute atomic E-state index is 13.7. The van der Waals surface area contributed by atoms with Crippen LogP contribution in [0.3, 0.4) is 0 Å². The van der Waals surface area contributed by atoms with Crippen LogP contribution in [0.4, 0.5) is 0 Å². The van der Waals surface area contributed by atoms with E-state index >= 15 is 0 Å². The molecule has 0 spiro atoms. The lowest BCUT2D eigenvalue weighted by atomic mass is 9.84. The van der Waals surface area contributed by atoms with Crippen molar-refractivity contribution in [2.24, 2.45) is 11.0 Å². The number of carbonyl (C=O) groups is 2. The number of hydrogen-bond acceptors (Lipinski definition) is 7. The molecule has 7 nitrogen and oxygen atoms in total.